The Labute approximate surface area is 150 Å². The van der Waals surface area contributed by atoms with Gasteiger partial charge in [0.25, 0.3) is 0 Å². The summed E-state index contributed by atoms with van der Waals surface area (Å²) in [5.41, 5.74) is 0.839. The molecular weight excluding hydrogens is 316 g/mol. The predicted molar refractivity (Wildman–Crippen MR) is 97.8 cm³/mol. The van der Waals surface area contributed by atoms with Gasteiger partial charge in [-0.05, 0) is 24.0 Å². The minimum absolute atomic E-state index is 0.216. The van der Waals surface area contributed by atoms with Gasteiger partial charge in [0, 0.05) is 5.92 Å². The van der Waals surface area contributed by atoms with E-state index in [0.29, 0.717) is 6.42 Å². The molecular formula is C21H28O4. The fraction of sp³-hybridized carbons (Fsp3) is 0.524. The van der Waals surface area contributed by atoms with Crippen LogP contribution in [0.25, 0.3) is 5.57 Å². The van der Waals surface area contributed by atoms with E-state index in [-0.39, 0.29) is 5.92 Å². The monoisotopic (exact) mass is 344 g/mol. The highest BCUT2D eigenvalue weighted by atomic mass is 16.5. The van der Waals surface area contributed by atoms with E-state index in [1.807, 2.05) is 36.4 Å². The van der Waals surface area contributed by atoms with Crippen LogP contribution in [0.4, 0.5) is 0 Å². The van der Waals surface area contributed by atoms with Crippen molar-refractivity contribution >= 4 is 17.5 Å². The molecule has 1 aromatic carbocycles. The van der Waals surface area contributed by atoms with E-state index in [0.717, 1.165) is 43.2 Å². The molecule has 0 saturated heterocycles. The van der Waals surface area contributed by atoms with Crippen LogP contribution in [0.2, 0.25) is 0 Å². The average molecular weight is 344 g/mol. The van der Waals surface area contributed by atoms with Crippen molar-refractivity contribution in [3.05, 3.63) is 42.0 Å². The topological polar surface area (TPSA) is 52.6 Å². The number of unbranched alkanes of at least 4 members (excludes halogenated alkanes) is 3. The number of ether oxygens (including phenoxy) is 2. The van der Waals surface area contributed by atoms with E-state index in [2.05, 4.69) is 6.92 Å². The van der Waals surface area contributed by atoms with Gasteiger partial charge in [-0.2, -0.15) is 0 Å². The van der Waals surface area contributed by atoms with Crippen molar-refractivity contribution in [2.24, 2.45) is 11.3 Å². The van der Waals surface area contributed by atoms with Crippen LogP contribution >= 0.6 is 0 Å². The summed E-state index contributed by atoms with van der Waals surface area (Å²) < 4.78 is 10.1. The first-order valence-electron chi connectivity index (χ1n) is 9.04. The van der Waals surface area contributed by atoms with E-state index in [1.54, 1.807) is 0 Å². The van der Waals surface area contributed by atoms with E-state index in [1.165, 1.54) is 14.2 Å². The molecule has 25 heavy (non-hydrogen) atoms. The van der Waals surface area contributed by atoms with E-state index in [9.17, 15) is 9.59 Å². The first-order valence-corrected chi connectivity index (χ1v) is 9.04. The van der Waals surface area contributed by atoms with E-state index in [4.69, 9.17) is 9.47 Å². The van der Waals surface area contributed by atoms with Crippen molar-refractivity contribution in [2.45, 2.75) is 45.4 Å². The lowest BCUT2D eigenvalue weighted by Crippen LogP contribution is -2.45. The Morgan fingerprint density at radius 1 is 1.04 bits per heavy atom. The summed E-state index contributed by atoms with van der Waals surface area (Å²) in [5, 5.41) is 0. The van der Waals surface area contributed by atoms with Crippen LogP contribution < -0.4 is 0 Å². The highest BCUT2D eigenvalue weighted by Gasteiger charge is 2.57. The third kappa shape index (κ3) is 3.78. The third-order valence-electron chi connectivity index (χ3n) is 5.17. The van der Waals surface area contributed by atoms with Gasteiger partial charge < -0.3 is 9.47 Å². The van der Waals surface area contributed by atoms with Crippen LogP contribution in [0, 0.1) is 11.3 Å². The summed E-state index contributed by atoms with van der Waals surface area (Å²) >= 11 is 0. The molecule has 4 heteroatoms. The normalized spacial score (nSPS) is 18.5. The van der Waals surface area contributed by atoms with Crippen LogP contribution in [-0.4, -0.2) is 26.2 Å². The van der Waals surface area contributed by atoms with Crippen molar-refractivity contribution in [3.8, 4) is 0 Å². The lowest BCUT2D eigenvalue weighted by molar-refractivity contribution is -0.171. The molecule has 0 N–H and O–H groups in total. The lowest BCUT2D eigenvalue weighted by atomic mass is 9.71. The standard InChI is InChI=1S/C21H28O4/c1-4-5-6-10-13-18-17(16-11-8-7-9-12-16)14-15-21(18,19(22)24-2)20(23)25-3/h7-9,11-12,14,18H,4-6,10,13,15H2,1-3H3. The molecule has 1 aromatic rings. The smallest absolute Gasteiger partial charge is 0.324 e. The molecule has 0 saturated carbocycles. The molecule has 0 fully saturated rings. The zero-order chi connectivity index (χ0) is 18.3. The summed E-state index contributed by atoms with van der Waals surface area (Å²) in [6.45, 7) is 2.16. The Hall–Kier alpha value is -2.10. The maximum absolute atomic E-state index is 12.7. The molecule has 0 bridgehead atoms. The molecule has 0 spiro atoms. The number of esters is 2. The van der Waals surface area contributed by atoms with Crippen LogP contribution in [0.5, 0.6) is 0 Å². The molecule has 0 amide bonds. The number of rotatable bonds is 8. The molecule has 136 valence electrons. The highest BCUT2D eigenvalue weighted by Crippen LogP contribution is 2.51. The summed E-state index contributed by atoms with van der Waals surface area (Å²) in [6.07, 6.45) is 7.46. The third-order valence-corrected chi connectivity index (χ3v) is 5.17. The van der Waals surface area contributed by atoms with Gasteiger partial charge in [-0.25, -0.2) is 0 Å². The number of carbonyl (C=O) groups is 2. The molecule has 1 unspecified atom stereocenters. The lowest BCUT2D eigenvalue weighted by Gasteiger charge is -2.32. The van der Waals surface area contributed by atoms with Crippen LogP contribution in [0.15, 0.2) is 36.4 Å². The van der Waals surface area contributed by atoms with Crippen molar-refractivity contribution in [1.29, 1.82) is 0 Å². The average Bonchev–Trinajstić information content (AvgIpc) is 3.05. The summed E-state index contributed by atoms with van der Waals surface area (Å²) in [4.78, 5) is 25.3. The van der Waals surface area contributed by atoms with Gasteiger partial charge in [0.1, 0.15) is 0 Å². The molecule has 0 aromatic heterocycles. The SMILES string of the molecule is CCCCCCC1C(c2ccccc2)=CCC1(C(=O)OC)C(=O)OC. The first kappa shape index (κ1) is 19.2. The molecule has 0 aliphatic heterocycles. The van der Waals surface area contributed by atoms with Crippen molar-refractivity contribution in [2.75, 3.05) is 14.2 Å². The highest BCUT2D eigenvalue weighted by molar-refractivity contribution is 6.04. The molecule has 2 rings (SSSR count). The summed E-state index contributed by atoms with van der Waals surface area (Å²) in [7, 11) is 2.67. The molecule has 0 heterocycles. The van der Waals surface area contributed by atoms with Crippen molar-refractivity contribution in [1.82, 2.24) is 0 Å². The Balaban J connectivity index is 2.38. The number of allylic oxidation sites excluding steroid dienone is 2. The van der Waals surface area contributed by atoms with E-state index < -0.39 is 17.4 Å². The second-order valence-electron chi connectivity index (χ2n) is 6.59. The second kappa shape index (κ2) is 8.84. The number of hydrogen-bond donors (Lipinski definition) is 0. The molecule has 1 aliphatic rings. The predicted octanol–water partition coefficient (Wildman–Crippen LogP) is 4.39. The molecule has 1 atom stereocenters. The van der Waals surface area contributed by atoms with Gasteiger partial charge in [-0.1, -0.05) is 69.0 Å². The molecule has 1 aliphatic carbocycles. The van der Waals surface area contributed by atoms with Crippen LogP contribution in [0.3, 0.4) is 0 Å². The maximum atomic E-state index is 12.7. The summed E-state index contributed by atoms with van der Waals surface area (Å²) in [5.74, 6) is -1.21. The Morgan fingerprint density at radius 3 is 2.24 bits per heavy atom. The first-order chi connectivity index (χ1) is 12.1. The van der Waals surface area contributed by atoms with Gasteiger partial charge >= 0.3 is 11.9 Å². The van der Waals surface area contributed by atoms with Gasteiger partial charge in [-0.15, -0.1) is 0 Å². The minimum Gasteiger partial charge on any atom is -0.468 e. The minimum atomic E-state index is -1.26. The van der Waals surface area contributed by atoms with Gasteiger partial charge in [0.2, 0.25) is 0 Å². The number of benzene rings is 1. The number of methoxy groups -OCH3 is 2. The number of carbonyl (C=O) groups excluding carboxylic acids is 2. The number of hydrogen-bond acceptors (Lipinski definition) is 4. The zero-order valence-electron chi connectivity index (χ0n) is 15.4. The zero-order valence-corrected chi connectivity index (χ0v) is 15.4. The Kier molecular flexibility index (Phi) is 6.80. The fourth-order valence-electron chi connectivity index (χ4n) is 3.85. The van der Waals surface area contributed by atoms with Crippen molar-refractivity contribution in [3.63, 3.8) is 0 Å². The largest absolute Gasteiger partial charge is 0.468 e. The molecule has 0 radical (unpaired) electrons. The van der Waals surface area contributed by atoms with Crippen molar-refractivity contribution < 1.29 is 19.1 Å². The molecule has 4 nitrogen and oxygen atoms in total. The quantitative estimate of drug-likeness (QED) is 0.399. The van der Waals surface area contributed by atoms with Crippen LogP contribution in [-0.2, 0) is 19.1 Å². The van der Waals surface area contributed by atoms with Crippen LogP contribution in [0.1, 0.15) is 51.0 Å². The maximum Gasteiger partial charge on any atom is 0.324 e. The van der Waals surface area contributed by atoms with Gasteiger partial charge in [0.05, 0.1) is 14.2 Å². The summed E-state index contributed by atoms with van der Waals surface area (Å²) in [6, 6.07) is 9.95. The Bertz CT molecular complexity index is 602. The van der Waals surface area contributed by atoms with Gasteiger partial charge in [0.15, 0.2) is 5.41 Å². The fourth-order valence-corrected chi connectivity index (χ4v) is 3.85. The van der Waals surface area contributed by atoms with E-state index >= 15 is 0 Å². The second-order valence-corrected chi connectivity index (χ2v) is 6.59. The van der Waals surface area contributed by atoms with Gasteiger partial charge in [-0.3, -0.25) is 9.59 Å². The Morgan fingerprint density at radius 2 is 1.68 bits per heavy atom.